The fraction of sp³-hybridized carbons (Fsp3) is 0.650. The van der Waals surface area contributed by atoms with Gasteiger partial charge in [0.05, 0.1) is 13.2 Å². The first-order valence-electron chi connectivity index (χ1n) is 9.95. The van der Waals surface area contributed by atoms with Gasteiger partial charge in [-0.25, -0.2) is 0 Å². The minimum atomic E-state index is -2.83. The van der Waals surface area contributed by atoms with Crippen LogP contribution in [0.1, 0.15) is 25.3 Å². The van der Waals surface area contributed by atoms with Crippen molar-refractivity contribution in [3.8, 4) is 5.75 Å². The van der Waals surface area contributed by atoms with Crippen LogP contribution in [0.5, 0.6) is 5.75 Å². The molecule has 6 nitrogen and oxygen atoms in total. The summed E-state index contributed by atoms with van der Waals surface area (Å²) in [6.07, 6.45) is 1.71. The van der Waals surface area contributed by atoms with Crippen molar-refractivity contribution in [1.82, 2.24) is 14.7 Å². The Morgan fingerprint density at radius 3 is 2.79 bits per heavy atom. The second-order valence-electron chi connectivity index (χ2n) is 7.65. The summed E-state index contributed by atoms with van der Waals surface area (Å²) in [7, 11) is 0. The maximum absolute atomic E-state index is 13.1. The zero-order chi connectivity index (χ0) is 19.7. The van der Waals surface area contributed by atoms with Gasteiger partial charge in [-0.3, -0.25) is 14.6 Å². The molecule has 3 heterocycles. The molecule has 0 N–H and O–H groups in total. The summed E-state index contributed by atoms with van der Waals surface area (Å²) in [6, 6.07) is 6.65. The SMILES string of the molecule is CCN1C(=O)[C@H]2CN(Cc3cccc(OC(F)F)c3)CCN2C12CCOCC2. The molecule has 3 aliphatic heterocycles. The van der Waals surface area contributed by atoms with Crippen LogP contribution >= 0.6 is 0 Å². The monoisotopic (exact) mass is 395 g/mol. The first-order valence-corrected chi connectivity index (χ1v) is 9.95. The predicted octanol–water partition coefficient (Wildman–Crippen LogP) is 2.14. The van der Waals surface area contributed by atoms with Crippen LogP contribution in [-0.2, 0) is 16.1 Å². The lowest BCUT2D eigenvalue weighted by atomic mass is 9.96. The molecule has 0 radical (unpaired) electrons. The molecule has 8 heteroatoms. The maximum Gasteiger partial charge on any atom is 0.387 e. The number of carbonyl (C=O) groups excluding carboxylic acids is 1. The molecule has 0 bridgehead atoms. The maximum atomic E-state index is 13.1. The number of ether oxygens (including phenoxy) is 2. The number of halogens is 2. The molecule has 0 aromatic heterocycles. The second kappa shape index (κ2) is 7.93. The van der Waals surface area contributed by atoms with E-state index in [2.05, 4.69) is 14.5 Å². The number of benzene rings is 1. The lowest BCUT2D eigenvalue weighted by molar-refractivity contribution is -0.135. The van der Waals surface area contributed by atoms with Gasteiger partial charge in [0.2, 0.25) is 5.91 Å². The van der Waals surface area contributed by atoms with E-state index in [9.17, 15) is 13.6 Å². The van der Waals surface area contributed by atoms with Gasteiger partial charge < -0.3 is 14.4 Å². The second-order valence-corrected chi connectivity index (χ2v) is 7.65. The van der Waals surface area contributed by atoms with Crippen molar-refractivity contribution in [3.63, 3.8) is 0 Å². The molecule has 1 aromatic rings. The van der Waals surface area contributed by atoms with Crippen molar-refractivity contribution in [3.05, 3.63) is 29.8 Å². The Hall–Kier alpha value is -1.77. The molecule has 3 aliphatic rings. The van der Waals surface area contributed by atoms with Gasteiger partial charge in [0, 0.05) is 45.6 Å². The quantitative estimate of drug-likeness (QED) is 0.765. The zero-order valence-corrected chi connectivity index (χ0v) is 16.2. The number of hydrogen-bond donors (Lipinski definition) is 0. The highest BCUT2D eigenvalue weighted by Crippen LogP contribution is 2.41. The minimum absolute atomic E-state index is 0.146. The van der Waals surface area contributed by atoms with Gasteiger partial charge >= 0.3 is 6.61 Å². The zero-order valence-electron chi connectivity index (χ0n) is 16.2. The predicted molar refractivity (Wildman–Crippen MR) is 99.0 cm³/mol. The first-order chi connectivity index (χ1) is 13.5. The molecule has 0 aliphatic carbocycles. The average molecular weight is 395 g/mol. The number of nitrogens with zero attached hydrogens (tertiary/aromatic N) is 3. The topological polar surface area (TPSA) is 45.2 Å². The Bertz CT molecular complexity index is 712. The van der Waals surface area contributed by atoms with Crippen molar-refractivity contribution >= 4 is 5.91 Å². The van der Waals surface area contributed by atoms with Crippen molar-refractivity contribution in [2.24, 2.45) is 0 Å². The number of amides is 1. The summed E-state index contributed by atoms with van der Waals surface area (Å²) >= 11 is 0. The first kappa shape index (κ1) is 19.5. The third kappa shape index (κ3) is 3.49. The molecule has 154 valence electrons. The molecule has 3 fully saturated rings. The van der Waals surface area contributed by atoms with Crippen LogP contribution in [-0.4, -0.2) is 78.3 Å². The van der Waals surface area contributed by atoms with Gasteiger partial charge in [-0.05, 0) is 24.6 Å². The summed E-state index contributed by atoms with van der Waals surface area (Å²) in [4.78, 5) is 19.8. The van der Waals surface area contributed by atoms with E-state index in [-0.39, 0.29) is 23.4 Å². The number of alkyl halides is 2. The molecule has 0 saturated carbocycles. The van der Waals surface area contributed by atoms with E-state index < -0.39 is 6.61 Å². The van der Waals surface area contributed by atoms with Crippen molar-refractivity contribution < 1.29 is 23.0 Å². The van der Waals surface area contributed by atoms with E-state index in [1.54, 1.807) is 12.1 Å². The molecule has 4 rings (SSSR count). The normalized spacial score (nSPS) is 25.5. The highest BCUT2D eigenvalue weighted by Gasteiger charge is 2.57. The molecule has 3 saturated heterocycles. The van der Waals surface area contributed by atoms with E-state index in [4.69, 9.17) is 4.74 Å². The Morgan fingerprint density at radius 1 is 1.29 bits per heavy atom. The largest absolute Gasteiger partial charge is 0.435 e. The lowest BCUT2D eigenvalue weighted by Crippen LogP contribution is -2.61. The van der Waals surface area contributed by atoms with Crippen LogP contribution in [0.15, 0.2) is 24.3 Å². The number of rotatable bonds is 5. The van der Waals surface area contributed by atoms with Gasteiger partial charge in [-0.2, -0.15) is 8.78 Å². The van der Waals surface area contributed by atoms with E-state index in [1.165, 1.54) is 6.07 Å². The summed E-state index contributed by atoms with van der Waals surface area (Å²) in [6.45, 7) is 4.22. The van der Waals surface area contributed by atoms with Crippen molar-refractivity contribution in [2.75, 3.05) is 39.4 Å². The average Bonchev–Trinajstić information content (AvgIpc) is 2.89. The molecular weight excluding hydrogens is 368 g/mol. The third-order valence-corrected chi connectivity index (χ3v) is 6.19. The van der Waals surface area contributed by atoms with Crippen LogP contribution < -0.4 is 4.74 Å². The van der Waals surface area contributed by atoms with E-state index >= 15 is 0 Å². The van der Waals surface area contributed by atoms with Crippen LogP contribution in [0.25, 0.3) is 0 Å². The van der Waals surface area contributed by atoms with E-state index in [0.29, 0.717) is 32.8 Å². The number of piperazine rings is 1. The van der Waals surface area contributed by atoms with Gasteiger partial charge in [0.25, 0.3) is 0 Å². The smallest absolute Gasteiger partial charge is 0.387 e. The van der Waals surface area contributed by atoms with Crippen molar-refractivity contribution in [2.45, 2.75) is 44.6 Å². The molecule has 1 aromatic carbocycles. The Kier molecular flexibility index (Phi) is 5.53. The number of fused-ring (bicyclic) bond motifs is 2. The fourth-order valence-corrected chi connectivity index (χ4v) is 5.02. The van der Waals surface area contributed by atoms with Crippen LogP contribution in [0.2, 0.25) is 0 Å². The summed E-state index contributed by atoms with van der Waals surface area (Å²) in [5.41, 5.74) is 0.705. The Labute approximate surface area is 164 Å². The summed E-state index contributed by atoms with van der Waals surface area (Å²) in [5.74, 6) is 0.366. The van der Waals surface area contributed by atoms with Gasteiger partial charge in [-0.1, -0.05) is 12.1 Å². The number of likely N-dealkylation sites (N-methyl/N-ethyl adjacent to an activating group) is 1. The Morgan fingerprint density at radius 2 is 2.07 bits per heavy atom. The molecule has 1 atom stereocenters. The lowest BCUT2D eigenvalue weighted by Gasteiger charge is -2.48. The minimum Gasteiger partial charge on any atom is -0.435 e. The number of hydrogen-bond acceptors (Lipinski definition) is 5. The highest BCUT2D eigenvalue weighted by atomic mass is 19.3. The molecular formula is C20H27F2N3O3. The molecule has 0 unspecified atom stereocenters. The standard InChI is InChI=1S/C20H27F2N3O3/c1-2-24-18(26)17-14-23(8-9-25(17)20(24)6-10-27-11-7-20)13-15-4-3-5-16(12-15)28-19(21)22/h3-5,12,17,19H,2,6-11,13-14H2,1H3/t17-/m1/s1. The number of carbonyl (C=O) groups is 1. The van der Waals surface area contributed by atoms with Crippen LogP contribution in [0.4, 0.5) is 8.78 Å². The van der Waals surface area contributed by atoms with E-state index in [0.717, 1.165) is 31.5 Å². The molecule has 1 spiro atoms. The van der Waals surface area contributed by atoms with Crippen LogP contribution in [0, 0.1) is 0 Å². The van der Waals surface area contributed by atoms with Gasteiger partial charge in [0.15, 0.2) is 0 Å². The van der Waals surface area contributed by atoms with Crippen LogP contribution in [0.3, 0.4) is 0 Å². The molecule has 1 amide bonds. The van der Waals surface area contributed by atoms with Gasteiger partial charge in [-0.15, -0.1) is 0 Å². The fourth-order valence-electron chi connectivity index (χ4n) is 5.02. The highest BCUT2D eigenvalue weighted by molar-refractivity contribution is 5.85. The van der Waals surface area contributed by atoms with Gasteiger partial charge in [0.1, 0.15) is 17.5 Å². The summed E-state index contributed by atoms with van der Waals surface area (Å²) < 4.78 is 35.0. The molecule has 28 heavy (non-hydrogen) atoms. The summed E-state index contributed by atoms with van der Waals surface area (Å²) in [5, 5.41) is 0. The van der Waals surface area contributed by atoms with Crippen molar-refractivity contribution in [1.29, 1.82) is 0 Å². The Balaban J connectivity index is 1.47. The third-order valence-electron chi connectivity index (χ3n) is 6.19. The van der Waals surface area contributed by atoms with E-state index in [1.807, 2.05) is 17.9 Å².